The van der Waals surface area contributed by atoms with E-state index in [4.69, 9.17) is 11.6 Å². The van der Waals surface area contributed by atoms with Crippen molar-refractivity contribution in [1.82, 2.24) is 4.31 Å². The number of hydrogen-bond acceptors (Lipinski definition) is 5. The molecule has 1 N–H and O–H groups in total. The number of halogens is 1. The van der Waals surface area contributed by atoms with E-state index in [1.54, 1.807) is 6.07 Å². The van der Waals surface area contributed by atoms with Gasteiger partial charge in [-0.2, -0.15) is 11.8 Å². The summed E-state index contributed by atoms with van der Waals surface area (Å²) in [7, 11) is -3.18. The average Bonchev–Trinajstić information content (AvgIpc) is 2.62. The van der Waals surface area contributed by atoms with Crippen molar-refractivity contribution >= 4 is 50.7 Å². The summed E-state index contributed by atoms with van der Waals surface area (Å²) >= 11 is 8.37. The van der Waals surface area contributed by atoms with Crippen LogP contribution in [0.1, 0.15) is 12.8 Å². The van der Waals surface area contributed by atoms with E-state index in [0.717, 1.165) is 30.3 Å². The van der Waals surface area contributed by atoms with Gasteiger partial charge in [0.15, 0.2) is 0 Å². The summed E-state index contributed by atoms with van der Waals surface area (Å²) in [5, 5.41) is 3.56. The number of hydrogen-bond donors (Lipinski definition) is 1. The number of amides is 1. The van der Waals surface area contributed by atoms with E-state index in [1.807, 2.05) is 23.9 Å². The van der Waals surface area contributed by atoms with Gasteiger partial charge in [0.05, 0.1) is 17.0 Å². The number of piperidine rings is 1. The first-order chi connectivity index (χ1) is 12.3. The van der Waals surface area contributed by atoms with Crippen LogP contribution in [-0.2, 0) is 14.8 Å². The summed E-state index contributed by atoms with van der Waals surface area (Å²) in [5.74, 6) is 1.95. The number of sulfonamides is 1. The van der Waals surface area contributed by atoms with Crippen molar-refractivity contribution < 1.29 is 13.2 Å². The van der Waals surface area contributed by atoms with Crippen LogP contribution in [0.3, 0.4) is 0 Å². The van der Waals surface area contributed by atoms with Gasteiger partial charge in [-0.15, -0.1) is 0 Å². The summed E-state index contributed by atoms with van der Waals surface area (Å²) in [5.41, 5.74) is 1.69. The van der Waals surface area contributed by atoms with Crippen molar-refractivity contribution in [2.75, 3.05) is 54.2 Å². The Morgan fingerprint density at radius 1 is 1.19 bits per heavy atom. The molecule has 0 spiro atoms. The molecule has 0 atom stereocenters. The summed E-state index contributed by atoms with van der Waals surface area (Å²) in [6, 6.07) is 5.63. The topological polar surface area (TPSA) is 69.7 Å². The zero-order chi connectivity index (χ0) is 18.7. The highest BCUT2D eigenvalue weighted by Crippen LogP contribution is 2.31. The molecule has 0 aromatic heterocycles. The summed E-state index contributed by atoms with van der Waals surface area (Å²) in [6.45, 7) is 2.75. The third-order valence-electron chi connectivity index (χ3n) is 4.86. The maximum atomic E-state index is 12.5. The second-order valence-corrected chi connectivity index (χ2v) is 10.3. The Morgan fingerprint density at radius 2 is 1.85 bits per heavy atom. The second kappa shape index (κ2) is 8.37. The Hall–Kier alpha value is -0.960. The molecule has 26 heavy (non-hydrogen) atoms. The number of thioether (sulfide) groups is 1. The van der Waals surface area contributed by atoms with Crippen LogP contribution in [0.25, 0.3) is 0 Å². The minimum atomic E-state index is -3.18. The predicted molar refractivity (Wildman–Crippen MR) is 109 cm³/mol. The van der Waals surface area contributed by atoms with Gasteiger partial charge in [-0.1, -0.05) is 11.6 Å². The second-order valence-electron chi connectivity index (χ2n) is 6.69. The van der Waals surface area contributed by atoms with E-state index in [-0.39, 0.29) is 11.8 Å². The fourth-order valence-corrected chi connectivity index (χ4v) is 5.42. The van der Waals surface area contributed by atoms with Crippen LogP contribution in [0.2, 0.25) is 5.02 Å². The summed E-state index contributed by atoms with van der Waals surface area (Å²) in [4.78, 5) is 14.8. The van der Waals surface area contributed by atoms with Gasteiger partial charge in [-0.3, -0.25) is 4.79 Å². The van der Waals surface area contributed by atoms with Gasteiger partial charge < -0.3 is 10.2 Å². The Morgan fingerprint density at radius 3 is 2.42 bits per heavy atom. The Balaban J connectivity index is 1.59. The smallest absolute Gasteiger partial charge is 0.227 e. The van der Waals surface area contributed by atoms with E-state index in [1.165, 1.54) is 10.6 Å². The molecule has 1 aromatic carbocycles. The van der Waals surface area contributed by atoms with E-state index in [0.29, 0.717) is 36.6 Å². The lowest BCUT2D eigenvalue weighted by molar-refractivity contribution is -0.120. The summed E-state index contributed by atoms with van der Waals surface area (Å²) in [6.07, 6.45) is 2.28. The molecule has 2 aliphatic heterocycles. The maximum Gasteiger partial charge on any atom is 0.227 e. The highest BCUT2D eigenvalue weighted by Gasteiger charge is 2.29. The fourth-order valence-electron chi connectivity index (χ4n) is 3.34. The van der Waals surface area contributed by atoms with Gasteiger partial charge in [0, 0.05) is 49.3 Å². The highest BCUT2D eigenvalue weighted by atomic mass is 35.5. The molecule has 0 radical (unpaired) electrons. The van der Waals surface area contributed by atoms with Gasteiger partial charge in [-0.25, -0.2) is 12.7 Å². The molecule has 9 heteroatoms. The molecule has 0 unspecified atom stereocenters. The van der Waals surface area contributed by atoms with Crippen molar-refractivity contribution in [3.05, 3.63) is 23.2 Å². The SMILES string of the molecule is CS(=O)(=O)N1CCC(C(=O)Nc2ccc(N3CCSCC3)c(Cl)c2)CC1. The molecule has 3 rings (SSSR count). The fraction of sp³-hybridized carbons (Fsp3) is 0.588. The van der Waals surface area contributed by atoms with E-state index in [2.05, 4.69) is 10.2 Å². The number of carbonyl (C=O) groups is 1. The van der Waals surface area contributed by atoms with Crippen LogP contribution in [0.15, 0.2) is 18.2 Å². The lowest BCUT2D eigenvalue weighted by Gasteiger charge is -2.30. The molecule has 0 aliphatic carbocycles. The number of benzene rings is 1. The molecule has 0 saturated carbocycles. The van der Waals surface area contributed by atoms with Gasteiger partial charge in [0.1, 0.15) is 0 Å². The quantitative estimate of drug-likeness (QED) is 0.815. The third-order valence-corrected chi connectivity index (χ3v) is 7.41. The number of carbonyl (C=O) groups excluding carboxylic acids is 1. The van der Waals surface area contributed by atoms with Crippen molar-refractivity contribution in [1.29, 1.82) is 0 Å². The molecule has 6 nitrogen and oxygen atoms in total. The van der Waals surface area contributed by atoms with Crippen molar-refractivity contribution in [2.45, 2.75) is 12.8 Å². The van der Waals surface area contributed by atoms with Crippen LogP contribution in [-0.4, -0.2) is 62.6 Å². The monoisotopic (exact) mass is 417 g/mol. The molecule has 144 valence electrons. The van der Waals surface area contributed by atoms with Crippen LogP contribution in [0, 0.1) is 5.92 Å². The zero-order valence-corrected chi connectivity index (χ0v) is 17.2. The van der Waals surface area contributed by atoms with Gasteiger partial charge in [0.2, 0.25) is 15.9 Å². The molecular weight excluding hydrogens is 394 g/mol. The Kier molecular flexibility index (Phi) is 6.37. The standard InChI is InChI=1S/C17H24ClN3O3S2/c1-26(23,24)21-6-4-13(5-7-21)17(22)19-14-2-3-16(15(18)12-14)20-8-10-25-11-9-20/h2-3,12-13H,4-11H2,1H3,(H,19,22). The van der Waals surface area contributed by atoms with Crippen LogP contribution < -0.4 is 10.2 Å². The maximum absolute atomic E-state index is 12.5. The molecular formula is C17H24ClN3O3S2. The molecule has 1 aromatic rings. The Bertz CT molecular complexity index is 759. The molecule has 0 bridgehead atoms. The average molecular weight is 418 g/mol. The van der Waals surface area contributed by atoms with E-state index >= 15 is 0 Å². The van der Waals surface area contributed by atoms with E-state index < -0.39 is 10.0 Å². The molecule has 2 aliphatic rings. The highest BCUT2D eigenvalue weighted by molar-refractivity contribution is 7.99. The van der Waals surface area contributed by atoms with Gasteiger partial charge in [-0.05, 0) is 31.0 Å². The Labute approximate surface area is 164 Å². The first-order valence-corrected chi connectivity index (χ1v) is 12.1. The van der Waals surface area contributed by atoms with Gasteiger partial charge >= 0.3 is 0 Å². The molecule has 2 heterocycles. The lowest BCUT2D eigenvalue weighted by atomic mass is 9.97. The number of nitrogens with zero attached hydrogens (tertiary/aromatic N) is 2. The minimum absolute atomic E-state index is 0.0728. The minimum Gasteiger partial charge on any atom is -0.369 e. The molecule has 2 saturated heterocycles. The van der Waals surface area contributed by atoms with Crippen molar-refractivity contribution in [2.24, 2.45) is 5.92 Å². The number of rotatable bonds is 4. The number of anilines is 2. The molecule has 2 fully saturated rings. The predicted octanol–water partition coefficient (Wildman–Crippen LogP) is 2.50. The van der Waals surface area contributed by atoms with Crippen molar-refractivity contribution in [3.8, 4) is 0 Å². The van der Waals surface area contributed by atoms with Gasteiger partial charge in [0.25, 0.3) is 0 Å². The normalized spacial score (nSPS) is 20.2. The van der Waals surface area contributed by atoms with Crippen molar-refractivity contribution in [3.63, 3.8) is 0 Å². The van der Waals surface area contributed by atoms with Crippen LogP contribution in [0.4, 0.5) is 11.4 Å². The summed E-state index contributed by atoms with van der Waals surface area (Å²) < 4.78 is 24.5. The lowest BCUT2D eigenvalue weighted by Crippen LogP contribution is -2.40. The first kappa shape index (κ1) is 19.8. The molecule has 1 amide bonds. The zero-order valence-electron chi connectivity index (χ0n) is 14.8. The first-order valence-electron chi connectivity index (χ1n) is 8.73. The number of nitrogens with one attached hydrogen (secondary N) is 1. The van der Waals surface area contributed by atoms with E-state index in [9.17, 15) is 13.2 Å². The largest absolute Gasteiger partial charge is 0.369 e. The van der Waals surface area contributed by atoms with Crippen LogP contribution >= 0.6 is 23.4 Å². The third kappa shape index (κ3) is 4.85. The van der Waals surface area contributed by atoms with Crippen LogP contribution in [0.5, 0.6) is 0 Å².